The van der Waals surface area contributed by atoms with Gasteiger partial charge in [0.2, 0.25) is 0 Å². The fourth-order valence-corrected chi connectivity index (χ4v) is 4.81. The zero-order chi connectivity index (χ0) is 20.9. The number of benzene rings is 2. The van der Waals surface area contributed by atoms with E-state index in [2.05, 4.69) is 10.2 Å². The summed E-state index contributed by atoms with van der Waals surface area (Å²) in [6.07, 6.45) is 3.29. The highest BCUT2D eigenvalue weighted by molar-refractivity contribution is 7.90. The number of hydrogen-bond donors (Lipinski definition) is 1. The number of nitrogens with zero attached hydrogens (tertiary/aromatic N) is 1. The Hall–Kier alpha value is -2.09. The SMILES string of the molecule is COc1cccc(OC)c1CN1CCC(NCc2ccccc2S(C)(=O)=O)CC1. The summed E-state index contributed by atoms with van der Waals surface area (Å²) in [5.74, 6) is 1.70. The van der Waals surface area contributed by atoms with Crippen LogP contribution in [0.25, 0.3) is 0 Å². The van der Waals surface area contributed by atoms with Crippen molar-refractivity contribution in [2.24, 2.45) is 0 Å². The number of hydrogen-bond acceptors (Lipinski definition) is 6. The third kappa shape index (κ3) is 5.50. The summed E-state index contributed by atoms with van der Waals surface area (Å²) in [6.45, 7) is 3.28. The molecule has 0 spiro atoms. The summed E-state index contributed by atoms with van der Waals surface area (Å²) in [5, 5.41) is 3.54. The standard InChI is InChI=1S/C22H30N2O4S/c1-27-20-8-6-9-21(28-2)19(20)16-24-13-11-18(12-14-24)23-15-17-7-4-5-10-22(17)29(3,25)26/h4-10,18,23H,11-16H2,1-3H3. The van der Waals surface area contributed by atoms with E-state index in [4.69, 9.17) is 9.47 Å². The minimum atomic E-state index is -3.21. The molecule has 1 fully saturated rings. The van der Waals surface area contributed by atoms with Gasteiger partial charge in [0.25, 0.3) is 0 Å². The van der Waals surface area contributed by atoms with Crippen LogP contribution in [-0.2, 0) is 22.9 Å². The Bertz CT molecular complexity index is 900. The van der Waals surface area contributed by atoms with Crippen molar-refractivity contribution < 1.29 is 17.9 Å². The molecule has 2 aromatic carbocycles. The molecule has 158 valence electrons. The van der Waals surface area contributed by atoms with Crippen LogP contribution in [0.15, 0.2) is 47.4 Å². The lowest BCUT2D eigenvalue weighted by Gasteiger charge is -2.33. The van der Waals surface area contributed by atoms with Gasteiger partial charge < -0.3 is 14.8 Å². The minimum absolute atomic E-state index is 0.374. The molecule has 0 bridgehead atoms. The lowest BCUT2D eigenvalue weighted by Crippen LogP contribution is -2.42. The van der Waals surface area contributed by atoms with Crippen LogP contribution >= 0.6 is 0 Å². The number of nitrogens with one attached hydrogen (secondary N) is 1. The second kappa shape index (κ2) is 9.61. The molecule has 3 rings (SSSR count). The van der Waals surface area contributed by atoms with E-state index in [9.17, 15) is 8.42 Å². The van der Waals surface area contributed by atoms with Gasteiger partial charge in [-0.2, -0.15) is 0 Å². The normalized spacial score (nSPS) is 16.0. The molecule has 29 heavy (non-hydrogen) atoms. The molecule has 1 N–H and O–H groups in total. The maximum absolute atomic E-state index is 12.0. The van der Waals surface area contributed by atoms with E-state index < -0.39 is 9.84 Å². The van der Waals surface area contributed by atoms with Gasteiger partial charge in [-0.15, -0.1) is 0 Å². The first kappa shape index (κ1) is 21.6. The van der Waals surface area contributed by atoms with Gasteiger partial charge in [0.15, 0.2) is 9.84 Å². The number of rotatable bonds is 8. The van der Waals surface area contributed by atoms with E-state index >= 15 is 0 Å². The Morgan fingerprint density at radius 3 is 2.21 bits per heavy atom. The third-order valence-corrected chi connectivity index (χ3v) is 6.65. The van der Waals surface area contributed by atoms with Crippen LogP contribution in [0.5, 0.6) is 11.5 Å². The van der Waals surface area contributed by atoms with Crippen LogP contribution in [0.4, 0.5) is 0 Å². The number of ether oxygens (including phenoxy) is 2. The molecule has 7 heteroatoms. The largest absolute Gasteiger partial charge is 0.496 e. The quantitative estimate of drug-likeness (QED) is 0.711. The first-order valence-corrected chi connectivity index (χ1v) is 11.7. The number of piperidine rings is 1. The van der Waals surface area contributed by atoms with Crippen LogP contribution in [0.3, 0.4) is 0 Å². The molecule has 0 amide bonds. The molecule has 1 aliphatic rings. The highest BCUT2D eigenvalue weighted by Crippen LogP contribution is 2.30. The number of likely N-dealkylation sites (tertiary alicyclic amines) is 1. The summed E-state index contributed by atoms with van der Waals surface area (Å²) in [5.41, 5.74) is 1.90. The maximum atomic E-state index is 12.0. The van der Waals surface area contributed by atoms with Crippen molar-refractivity contribution in [3.8, 4) is 11.5 Å². The molecular formula is C22H30N2O4S. The summed E-state index contributed by atoms with van der Waals surface area (Å²) < 4.78 is 35.0. The van der Waals surface area contributed by atoms with Gasteiger partial charge >= 0.3 is 0 Å². The van der Waals surface area contributed by atoms with Gasteiger partial charge in [-0.3, -0.25) is 4.90 Å². The lowest BCUT2D eigenvalue weighted by atomic mass is 10.0. The zero-order valence-corrected chi connectivity index (χ0v) is 18.2. The summed E-state index contributed by atoms with van der Waals surface area (Å²) in [4.78, 5) is 2.82. The molecule has 0 aliphatic carbocycles. The predicted molar refractivity (Wildman–Crippen MR) is 114 cm³/mol. The van der Waals surface area contributed by atoms with E-state index in [-0.39, 0.29) is 0 Å². The summed E-state index contributed by atoms with van der Waals surface area (Å²) in [7, 11) is 0.152. The monoisotopic (exact) mass is 418 g/mol. The molecule has 1 saturated heterocycles. The van der Waals surface area contributed by atoms with Crippen molar-refractivity contribution in [1.29, 1.82) is 0 Å². The molecular weight excluding hydrogens is 388 g/mol. The Kier molecular flexibility index (Phi) is 7.16. The first-order chi connectivity index (χ1) is 13.9. The Morgan fingerprint density at radius 2 is 1.62 bits per heavy atom. The van der Waals surface area contributed by atoms with E-state index in [0.29, 0.717) is 17.5 Å². The van der Waals surface area contributed by atoms with Gasteiger partial charge in [-0.1, -0.05) is 24.3 Å². The molecule has 0 unspecified atom stereocenters. The van der Waals surface area contributed by atoms with E-state index in [1.807, 2.05) is 30.3 Å². The molecule has 1 heterocycles. The molecule has 6 nitrogen and oxygen atoms in total. The average Bonchev–Trinajstić information content (AvgIpc) is 2.73. The lowest BCUT2D eigenvalue weighted by molar-refractivity contribution is 0.186. The van der Waals surface area contributed by atoms with Gasteiger partial charge in [-0.05, 0) is 49.7 Å². The molecule has 0 radical (unpaired) electrons. The highest BCUT2D eigenvalue weighted by Gasteiger charge is 2.22. The maximum Gasteiger partial charge on any atom is 0.175 e. The van der Waals surface area contributed by atoms with Gasteiger partial charge in [0.05, 0.1) is 24.7 Å². The van der Waals surface area contributed by atoms with Crippen LogP contribution in [0, 0.1) is 0 Å². The first-order valence-electron chi connectivity index (χ1n) is 9.86. The molecule has 0 saturated carbocycles. The van der Waals surface area contributed by atoms with Crippen LogP contribution in [0.2, 0.25) is 0 Å². The second-order valence-corrected chi connectivity index (χ2v) is 9.44. The van der Waals surface area contributed by atoms with Crippen molar-refractivity contribution in [1.82, 2.24) is 10.2 Å². The molecule has 2 aromatic rings. The fourth-order valence-electron chi connectivity index (χ4n) is 3.87. The fraction of sp³-hybridized carbons (Fsp3) is 0.455. The van der Waals surface area contributed by atoms with Crippen molar-refractivity contribution in [3.05, 3.63) is 53.6 Å². The van der Waals surface area contributed by atoms with Crippen molar-refractivity contribution in [3.63, 3.8) is 0 Å². The van der Waals surface area contributed by atoms with Gasteiger partial charge in [0, 0.05) is 25.4 Å². The van der Waals surface area contributed by atoms with Gasteiger partial charge in [0.1, 0.15) is 11.5 Å². The Morgan fingerprint density at radius 1 is 1.00 bits per heavy atom. The van der Waals surface area contributed by atoms with Crippen molar-refractivity contribution in [2.45, 2.75) is 36.9 Å². The van der Waals surface area contributed by atoms with Crippen molar-refractivity contribution in [2.75, 3.05) is 33.6 Å². The number of sulfone groups is 1. The Labute approximate surface area is 173 Å². The number of methoxy groups -OCH3 is 2. The predicted octanol–water partition coefficient (Wildman–Crippen LogP) is 2.86. The van der Waals surface area contributed by atoms with E-state index in [1.54, 1.807) is 26.4 Å². The second-order valence-electron chi connectivity index (χ2n) is 7.45. The molecule has 1 aliphatic heterocycles. The third-order valence-electron chi connectivity index (χ3n) is 5.45. The summed E-state index contributed by atoms with van der Waals surface area (Å²) >= 11 is 0. The average molecular weight is 419 g/mol. The van der Waals surface area contributed by atoms with E-state index in [0.717, 1.165) is 55.1 Å². The van der Waals surface area contributed by atoms with Gasteiger partial charge in [-0.25, -0.2) is 8.42 Å². The molecule has 0 aromatic heterocycles. The summed E-state index contributed by atoms with van der Waals surface area (Å²) in [6, 6.07) is 13.4. The van der Waals surface area contributed by atoms with Crippen LogP contribution in [0.1, 0.15) is 24.0 Å². The minimum Gasteiger partial charge on any atom is -0.496 e. The van der Waals surface area contributed by atoms with Crippen LogP contribution < -0.4 is 14.8 Å². The van der Waals surface area contributed by atoms with Crippen molar-refractivity contribution >= 4 is 9.84 Å². The topological polar surface area (TPSA) is 67.9 Å². The van der Waals surface area contributed by atoms with Crippen LogP contribution in [-0.4, -0.2) is 52.9 Å². The van der Waals surface area contributed by atoms with E-state index in [1.165, 1.54) is 6.26 Å². The zero-order valence-electron chi connectivity index (χ0n) is 17.3. The smallest absolute Gasteiger partial charge is 0.175 e. The Balaban J connectivity index is 1.56. The molecule has 0 atom stereocenters. The highest BCUT2D eigenvalue weighted by atomic mass is 32.2.